The van der Waals surface area contributed by atoms with E-state index < -0.39 is 0 Å². The van der Waals surface area contributed by atoms with Crippen molar-refractivity contribution in [2.24, 2.45) is 41.4 Å². The largest absolute Gasteiger partial charge is 2.00 e. The molecule has 0 spiro atoms. The van der Waals surface area contributed by atoms with Crippen LogP contribution in [-0.2, 0) is 37.0 Å². The molecule has 11 aliphatic carbocycles. The molecular weight excluding hydrogens is 655 g/mol. The topological polar surface area (TPSA) is 0 Å². The summed E-state index contributed by atoms with van der Waals surface area (Å²) in [5.41, 5.74) is 14.5. The second kappa shape index (κ2) is 10.7. The summed E-state index contributed by atoms with van der Waals surface area (Å²) >= 11 is 0. The van der Waals surface area contributed by atoms with Gasteiger partial charge in [0, 0.05) is 5.92 Å². The zero-order valence-corrected chi connectivity index (χ0v) is 30.1. The van der Waals surface area contributed by atoms with Gasteiger partial charge in [0.2, 0.25) is 0 Å². The molecule has 228 valence electrons. The molecule has 1 unspecified atom stereocenters. The summed E-state index contributed by atoms with van der Waals surface area (Å²) in [6, 6.07) is 16.2. The molecule has 8 saturated carbocycles. The number of halogens is 2. The van der Waals surface area contributed by atoms with Gasteiger partial charge in [0.1, 0.15) is 0 Å². The number of allylic oxidation sites excluding steroid dienone is 4. The Hall–Kier alpha value is -0.617. The van der Waals surface area contributed by atoms with Gasteiger partial charge in [-0.25, -0.2) is 0 Å². The van der Waals surface area contributed by atoms with Crippen molar-refractivity contribution >= 4 is 0 Å². The monoisotopic (exact) mass is 698 g/mol. The summed E-state index contributed by atoms with van der Waals surface area (Å²) in [6.45, 7) is 0. The third kappa shape index (κ3) is 4.23. The number of hydrogen-bond donors (Lipinski definition) is 0. The van der Waals surface area contributed by atoms with Gasteiger partial charge in [-0.05, 0) is 188 Å². The average molecular weight is 701 g/mol. The van der Waals surface area contributed by atoms with E-state index in [0.29, 0.717) is 22.7 Å². The maximum Gasteiger partial charge on any atom is 2.00 e. The Balaban J connectivity index is 0.000000963. The molecule has 2 aromatic carbocycles. The minimum absolute atomic E-state index is 0. The van der Waals surface area contributed by atoms with Crippen molar-refractivity contribution in [3.8, 4) is 11.1 Å². The molecule has 2 aromatic rings. The van der Waals surface area contributed by atoms with E-state index in [9.17, 15) is 0 Å². The first-order valence-corrected chi connectivity index (χ1v) is 17.8. The van der Waals surface area contributed by atoms with Crippen LogP contribution in [0.25, 0.3) is 11.1 Å². The normalized spacial score (nSPS) is 42.5. The van der Waals surface area contributed by atoms with Crippen molar-refractivity contribution in [1.82, 2.24) is 0 Å². The first-order valence-electron chi connectivity index (χ1n) is 17.8. The van der Waals surface area contributed by atoms with Gasteiger partial charge in [0.25, 0.3) is 0 Å². The van der Waals surface area contributed by atoms with E-state index in [1.807, 2.05) is 0 Å². The van der Waals surface area contributed by atoms with E-state index in [1.54, 1.807) is 44.5 Å². The molecule has 0 aliphatic heterocycles. The summed E-state index contributed by atoms with van der Waals surface area (Å²) < 4.78 is 0. The molecule has 0 heterocycles. The predicted molar refractivity (Wildman–Crippen MR) is 167 cm³/mol. The number of rotatable bonds is 3. The minimum Gasteiger partial charge on any atom is -1.00 e. The van der Waals surface area contributed by atoms with Crippen LogP contribution in [0.4, 0.5) is 0 Å². The van der Waals surface area contributed by atoms with E-state index in [4.69, 9.17) is 0 Å². The van der Waals surface area contributed by atoms with Gasteiger partial charge in [-0.2, -0.15) is 0 Å². The van der Waals surface area contributed by atoms with Crippen LogP contribution in [0.3, 0.4) is 0 Å². The van der Waals surface area contributed by atoms with Crippen LogP contribution in [0.1, 0.15) is 124 Å². The molecule has 1 atom stereocenters. The molecule has 0 nitrogen and oxygen atoms in total. The Morgan fingerprint density at radius 3 is 1.43 bits per heavy atom. The molecule has 13 rings (SSSR count). The van der Waals surface area contributed by atoms with Crippen LogP contribution in [0, 0.1) is 41.4 Å². The van der Waals surface area contributed by atoms with Crippen LogP contribution >= 0.6 is 0 Å². The van der Waals surface area contributed by atoms with Crippen LogP contribution in [-0.4, -0.2) is 0 Å². The first-order chi connectivity index (χ1) is 20.1. The Morgan fingerprint density at radius 2 is 1.00 bits per heavy atom. The Bertz CT molecular complexity index is 1400. The smallest absolute Gasteiger partial charge is 1.00 e. The summed E-state index contributed by atoms with van der Waals surface area (Å²) in [5, 5.41) is 0. The maximum atomic E-state index is 2.79. The van der Waals surface area contributed by atoms with Crippen LogP contribution in [0.5, 0.6) is 0 Å². The fraction of sp³-hybridized carbons (Fsp3) is 0.610. The van der Waals surface area contributed by atoms with Crippen molar-refractivity contribution in [2.45, 2.75) is 113 Å². The fourth-order valence-corrected chi connectivity index (χ4v) is 14.3. The van der Waals surface area contributed by atoms with E-state index in [1.165, 1.54) is 96.3 Å². The second-order valence-electron chi connectivity index (χ2n) is 17.3. The second-order valence-corrected chi connectivity index (χ2v) is 17.3. The van der Waals surface area contributed by atoms with Crippen LogP contribution in [0.15, 0.2) is 59.7 Å². The molecule has 8 bridgehead atoms. The number of hydrogen-bond acceptors (Lipinski definition) is 0. The maximum absolute atomic E-state index is 2.79. The third-order valence-electron chi connectivity index (χ3n) is 15.0. The molecule has 0 saturated heterocycles. The van der Waals surface area contributed by atoms with Gasteiger partial charge < -0.3 is 24.8 Å². The van der Waals surface area contributed by atoms with Gasteiger partial charge in [0.05, 0.1) is 0 Å². The molecule has 0 aromatic heterocycles. The molecule has 0 radical (unpaired) electrons. The molecular formula is C41H46Cl2Zr. The van der Waals surface area contributed by atoms with Crippen molar-refractivity contribution in [3.63, 3.8) is 0 Å². The standard InChI is InChI=1S/C41H46.2ClH.Zr/c1-2-30-4-7-34(33(30)3-1)39-35-8-5-31(40-18-24-10-25(19-40)12-26(11-24)20-40)16-37(35)38-17-32(6-9-36(38)39)41-21-27-13-28(22-41)15-29(14-27)23-41;;;/h1,3,5-6,8-9,16-17,24-29,34,39H,2,4,7,10-15,18-23H2;2*1H;/q;;;+2/p-2. The van der Waals surface area contributed by atoms with Crippen LogP contribution in [0.2, 0.25) is 0 Å². The van der Waals surface area contributed by atoms with E-state index in [2.05, 4.69) is 48.6 Å². The first kappa shape index (κ1) is 30.7. The zero-order chi connectivity index (χ0) is 26.5. The van der Waals surface area contributed by atoms with Crippen molar-refractivity contribution in [2.75, 3.05) is 0 Å². The van der Waals surface area contributed by atoms with E-state index in [-0.39, 0.29) is 51.0 Å². The minimum atomic E-state index is 0. The third-order valence-corrected chi connectivity index (χ3v) is 15.0. The van der Waals surface area contributed by atoms with E-state index in [0.717, 1.165) is 35.5 Å². The molecule has 44 heavy (non-hydrogen) atoms. The summed E-state index contributed by atoms with van der Waals surface area (Å²) in [5.74, 6) is 7.30. The number of fused-ring (bicyclic) bond motifs is 3. The molecule has 11 aliphatic rings. The van der Waals surface area contributed by atoms with Crippen LogP contribution < -0.4 is 24.8 Å². The SMILES string of the molecule is C1=CC2=C(C1)CCC2C1c2ccc(C34CC5CC(CC(C5)C3)C4)cc2-c2cc(C34CC5CC(CC(C5)C3)C4)ccc21.[Cl-].[Cl-].[Zr+2]. The molecule has 8 fully saturated rings. The summed E-state index contributed by atoms with van der Waals surface area (Å²) in [4.78, 5) is 0. The fourth-order valence-electron chi connectivity index (χ4n) is 14.3. The molecule has 3 heteroatoms. The molecule has 0 amide bonds. The van der Waals surface area contributed by atoms with Crippen molar-refractivity contribution < 1.29 is 51.0 Å². The van der Waals surface area contributed by atoms with E-state index >= 15 is 0 Å². The summed E-state index contributed by atoms with van der Waals surface area (Å²) in [6.07, 6.45) is 26.9. The molecule has 0 N–H and O–H groups in total. The Morgan fingerprint density at radius 1 is 0.568 bits per heavy atom. The van der Waals surface area contributed by atoms with Gasteiger partial charge in [-0.3, -0.25) is 0 Å². The van der Waals surface area contributed by atoms with Crippen molar-refractivity contribution in [1.29, 1.82) is 0 Å². The van der Waals surface area contributed by atoms with Gasteiger partial charge in [0.15, 0.2) is 0 Å². The Labute approximate surface area is 296 Å². The quantitative estimate of drug-likeness (QED) is 0.446. The van der Waals surface area contributed by atoms with Gasteiger partial charge >= 0.3 is 26.2 Å². The summed E-state index contributed by atoms with van der Waals surface area (Å²) in [7, 11) is 0. The number of benzene rings is 2. The zero-order valence-electron chi connectivity index (χ0n) is 26.1. The average Bonchev–Trinajstić information content (AvgIpc) is 3.65. The Kier molecular flexibility index (Phi) is 7.46. The van der Waals surface area contributed by atoms with Gasteiger partial charge in [-0.15, -0.1) is 0 Å². The predicted octanol–water partition coefficient (Wildman–Crippen LogP) is 4.41. The van der Waals surface area contributed by atoms with Gasteiger partial charge in [-0.1, -0.05) is 54.1 Å². The van der Waals surface area contributed by atoms with Crippen molar-refractivity contribution in [3.05, 3.63) is 82.0 Å².